The molecule has 5 aliphatic rings. The van der Waals surface area contributed by atoms with Gasteiger partial charge in [0.05, 0.1) is 36.6 Å². The predicted octanol–water partition coefficient (Wildman–Crippen LogP) is 1.96. The van der Waals surface area contributed by atoms with Gasteiger partial charge in [-0.1, -0.05) is 34.6 Å². The summed E-state index contributed by atoms with van der Waals surface area (Å²) in [6, 6.07) is 0. The molecule has 0 radical (unpaired) electrons. The molecule has 0 aromatic carbocycles. The molecule has 238 valence electrons. The smallest absolute Gasteiger partial charge is 0.186 e. The first kappa shape index (κ1) is 32.0. The highest BCUT2D eigenvalue weighted by atomic mass is 16.7. The van der Waals surface area contributed by atoms with E-state index >= 15 is 0 Å². The molecule has 9 nitrogen and oxygen atoms in total. The van der Waals surface area contributed by atoms with Crippen LogP contribution < -0.4 is 0 Å². The molecule has 1 saturated heterocycles. The minimum atomic E-state index is -1.22. The van der Waals surface area contributed by atoms with E-state index in [1.54, 1.807) is 0 Å². The van der Waals surface area contributed by atoms with E-state index < -0.39 is 55.1 Å². The highest BCUT2D eigenvalue weighted by Gasteiger charge is 2.70. The van der Waals surface area contributed by atoms with E-state index in [0.717, 1.165) is 25.7 Å². The van der Waals surface area contributed by atoms with Gasteiger partial charge in [-0.15, -0.1) is 0 Å². The Morgan fingerprint density at radius 2 is 1.56 bits per heavy atom. The Kier molecular flexibility index (Phi) is 9.01. The number of ether oxygens (including phenoxy) is 2. The molecule has 9 heteroatoms. The lowest BCUT2D eigenvalue weighted by molar-refractivity contribution is -0.263. The molecule has 1 heterocycles. The summed E-state index contributed by atoms with van der Waals surface area (Å²) >= 11 is 0. The predicted molar refractivity (Wildman–Crippen MR) is 151 cm³/mol. The molecule has 0 unspecified atom stereocenters. The zero-order valence-corrected chi connectivity index (χ0v) is 25.6. The molecule has 0 amide bonds. The summed E-state index contributed by atoms with van der Waals surface area (Å²) in [4.78, 5) is 0. The maximum absolute atomic E-state index is 12.5. The molecule has 5 fully saturated rings. The van der Waals surface area contributed by atoms with Gasteiger partial charge < -0.3 is 45.2 Å². The Morgan fingerprint density at radius 3 is 2.20 bits per heavy atom. The third kappa shape index (κ3) is 5.23. The standard InChI is InChI=1S/C32H56O9/c1-16(2)23(40-29-27(38)26(37)24(15-33)41-29)7-6-17(3)19-13-21(35)28-31(19,5)11-9-25-30(4)10-8-18(34)12-20(30)22(36)14-32(25,28)39/h16-29,33-39H,6-15H2,1-5H3/t17-,18+,19-,20-,21+,22+,23+,24+,25-,26+,27-,28-,29-,30+,31-,32+/m1/s1. The molecule has 16 atom stereocenters. The molecule has 7 N–H and O–H groups in total. The van der Waals surface area contributed by atoms with Gasteiger partial charge in [-0.05, 0) is 91.8 Å². The fourth-order valence-corrected chi connectivity index (χ4v) is 10.7. The summed E-state index contributed by atoms with van der Waals surface area (Å²) in [7, 11) is 0. The van der Waals surface area contributed by atoms with Crippen molar-refractivity contribution in [1.29, 1.82) is 0 Å². The summed E-state index contributed by atoms with van der Waals surface area (Å²) < 4.78 is 11.7. The van der Waals surface area contributed by atoms with E-state index in [0.29, 0.717) is 25.7 Å². The van der Waals surface area contributed by atoms with Gasteiger partial charge in [0.1, 0.15) is 18.3 Å². The summed E-state index contributed by atoms with van der Waals surface area (Å²) in [5, 5.41) is 75.7. The molecule has 0 bridgehead atoms. The van der Waals surface area contributed by atoms with Crippen LogP contribution in [0.25, 0.3) is 0 Å². The fourth-order valence-electron chi connectivity index (χ4n) is 10.7. The quantitative estimate of drug-likeness (QED) is 0.226. The van der Waals surface area contributed by atoms with Crippen molar-refractivity contribution in [1.82, 2.24) is 0 Å². The van der Waals surface area contributed by atoms with Crippen molar-refractivity contribution in [2.24, 2.45) is 46.3 Å². The van der Waals surface area contributed by atoms with Crippen molar-refractivity contribution >= 4 is 0 Å². The first-order valence-corrected chi connectivity index (χ1v) is 16.2. The monoisotopic (exact) mass is 584 g/mol. The maximum Gasteiger partial charge on any atom is 0.186 e. The molecule has 0 aromatic rings. The van der Waals surface area contributed by atoms with Gasteiger partial charge in [0.15, 0.2) is 6.29 Å². The number of fused-ring (bicyclic) bond motifs is 5. The van der Waals surface area contributed by atoms with Crippen molar-refractivity contribution in [3.63, 3.8) is 0 Å². The van der Waals surface area contributed by atoms with E-state index in [1.165, 1.54) is 0 Å². The van der Waals surface area contributed by atoms with Crippen LogP contribution >= 0.6 is 0 Å². The van der Waals surface area contributed by atoms with Crippen molar-refractivity contribution in [3.8, 4) is 0 Å². The zero-order chi connectivity index (χ0) is 30.1. The van der Waals surface area contributed by atoms with Crippen LogP contribution in [-0.2, 0) is 9.47 Å². The lowest BCUT2D eigenvalue weighted by atomic mass is 9.42. The number of hydrogen-bond acceptors (Lipinski definition) is 9. The lowest BCUT2D eigenvalue weighted by Gasteiger charge is -2.66. The Hall–Kier alpha value is -0.360. The average molecular weight is 585 g/mol. The highest BCUT2D eigenvalue weighted by molar-refractivity contribution is 5.20. The van der Waals surface area contributed by atoms with Crippen molar-refractivity contribution in [3.05, 3.63) is 0 Å². The molecular weight excluding hydrogens is 528 g/mol. The van der Waals surface area contributed by atoms with Gasteiger partial charge in [0.2, 0.25) is 0 Å². The average Bonchev–Trinajstić information content (AvgIpc) is 3.34. The largest absolute Gasteiger partial charge is 0.394 e. The molecule has 4 saturated carbocycles. The van der Waals surface area contributed by atoms with Gasteiger partial charge in [-0.3, -0.25) is 0 Å². The van der Waals surface area contributed by atoms with Crippen molar-refractivity contribution in [2.75, 3.05) is 6.61 Å². The second-order valence-electron chi connectivity index (χ2n) is 15.5. The molecule has 5 rings (SSSR count). The van der Waals surface area contributed by atoms with Crippen LogP contribution in [0.15, 0.2) is 0 Å². The molecule has 0 aromatic heterocycles. The summed E-state index contributed by atoms with van der Waals surface area (Å²) in [5.41, 5.74) is -1.66. The first-order valence-electron chi connectivity index (χ1n) is 16.2. The Balaban J connectivity index is 1.29. The number of aliphatic hydroxyl groups excluding tert-OH is 6. The van der Waals surface area contributed by atoms with Crippen LogP contribution in [0.5, 0.6) is 0 Å². The number of rotatable bonds is 8. The highest BCUT2D eigenvalue weighted by Crippen LogP contribution is 2.69. The van der Waals surface area contributed by atoms with Crippen LogP contribution in [0.4, 0.5) is 0 Å². The minimum Gasteiger partial charge on any atom is -0.394 e. The topological polar surface area (TPSA) is 160 Å². The number of aliphatic hydroxyl groups is 7. The Morgan fingerprint density at radius 1 is 0.878 bits per heavy atom. The third-order valence-corrected chi connectivity index (χ3v) is 12.9. The minimum absolute atomic E-state index is 0.00709. The molecule has 41 heavy (non-hydrogen) atoms. The molecular formula is C32H56O9. The van der Waals surface area contributed by atoms with E-state index in [1.807, 2.05) is 0 Å². The Labute approximate surface area is 245 Å². The van der Waals surface area contributed by atoms with Crippen molar-refractivity contribution in [2.45, 2.75) is 147 Å². The second-order valence-corrected chi connectivity index (χ2v) is 15.5. The van der Waals surface area contributed by atoms with E-state index in [2.05, 4.69) is 34.6 Å². The summed E-state index contributed by atoms with van der Waals surface area (Å²) in [6.07, 6.45) is 0.0535. The maximum atomic E-state index is 12.5. The second kappa shape index (κ2) is 11.5. The lowest BCUT2D eigenvalue weighted by Crippen LogP contribution is -2.68. The van der Waals surface area contributed by atoms with E-state index in [9.17, 15) is 35.7 Å². The third-order valence-electron chi connectivity index (χ3n) is 12.9. The Bertz CT molecular complexity index is 918. The van der Waals surface area contributed by atoms with Crippen LogP contribution in [-0.4, -0.2) is 97.0 Å². The summed E-state index contributed by atoms with van der Waals surface area (Å²) in [6.45, 7) is 10.4. The van der Waals surface area contributed by atoms with E-state index in [4.69, 9.17) is 9.47 Å². The summed E-state index contributed by atoms with van der Waals surface area (Å²) in [5.74, 6) is 0.243. The van der Waals surface area contributed by atoms with Gasteiger partial charge in [-0.25, -0.2) is 0 Å². The molecule has 1 aliphatic heterocycles. The SMILES string of the molecule is CC(C)[C@H](CC[C@@H](C)[C@H]1C[C@H](O)[C@@H]2[C@]1(C)CC[C@@H]1[C@@]3(C)CC[C@H](O)C[C@@H]3[C@@H](O)C[C@]12O)O[C@@H]1O[C@@H](CO)[C@H](O)[C@H]1O. The van der Waals surface area contributed by atoms with Crippen LogP contribution in [0.3, 0.4) is 0 Å². The molecule has 4 aliphatic carbocycles. The van der Waals surface area contributed by atoms with Gasteiger partial charge in [0.25, 0.3) is 0 Å². The van der Waals surface area contributed by atoms with Crippen LogP contribution in [0, 0.1) is 46.3 Å². The molecule has 0 spiro atoms. The van der Waals surface area contributed by atoms with E-state index in [-0.39, 0.29) is 58.9 Å². The van der Waals surface area contributed by atoms with Crippen LogP contribution in [0.1, 0.15) is 92.4 Å². The van der Waals surface area contributed by atoms with Crippen LogP contribution in [0.2, 0.25) is 0 Å². The van der Waals surface area contributed by atoms with Crippen molar-refractivity contribution < 1.29 is 45.2 Å². The van der Waals surface area contributed by atoms with Gasteiger partial charge in [0, 0.05) is 12.3 Å². The number of hydrogen-bond donors (Lipinski definition) is 7. The van der Waals surface area contributed by atoms with Gasteiger partial charge in [-0.2, -0.15) is 0 Å². The zero-order valence-electron chi connectivity index (χ0n) is 25.6. The normalized spacial score (nSPS) is 53.0. The fraction of sp³-hybridized carbons (Fsp3) is 1.00. The first-order chi connectivity index (χ1) is 19.2. The van der Waals surface area contributed by atoms with Gasteiger partial charge >= 0.3 is 0 Å².